The fraction of sp³-hybridized carbons (Fsp3) is 0.609. The van der Waals surface area contributed by atoms with E-state index in [-0.39, 0.29) is 48.5 Å². The van der Waals surface area contributed by atoms with Crippen LogP contribution in [-0.4, -0.2) is 132 Å². The number of rotatable bonds is 29. The van der Waals surface area contributed by atoms with Gasteiger partial charge < -0.3 is 58.2 Å². The van der Waals surface area contributed by atoms with Crippen molar-refractivity contribution in [3.05, 3.63) is 119 Å². The monoisotopic (exact) mass is 1220 g/mol. The zero-order chi connectivity index (χ0) is 63.2. The highest BCUT2D eigenvalue weighted by Gasteiger charge is 2.78. The number of nitrogens with one attached hydrogen (secondary N) is 1. The number of amides is 1. The molecular weight excluding hydrogens is 1130 g/mol. The highest BCUT2D eigenvalue weighted by atomic mass is 16.8. The fourth-order valence-electron chi connectivity index (χ4n) is 14.0. The zero-order valence-corrected chi connectivity index (χ0v) is 52.2. The molecule has 4 fully saturated rings. The molecule has 2 saturated heterocycles. The van der Waals surface area contributed by atoms with Gasteiger partial charge in [0.2, 0.25) is 6.10 Å². The molecule has 88 heavy (non-hydrogen) atoms. The van der Waals surface area contributed by atoms with Crippen LogP contribution in [0.15, 0.2) is 102 Å². The lowest BCUT2D eigenvalue weighted by atomic mass is 9.44. The number of ether oxygens (including phenoxy) is 9. The number of unbranched alkanes of at least 4 members (excludes halogenated alkanes) is 14. The van der Waals surface area contributed by atoms with Crippen LogP contribution in [0.25, 0.3) is 0 Å². The van der Waals surface area contributed by atoms with E-state index in [0.717, 1.165) is 33.1 Å². The van der Waals surface area contributed by atoms with Crippen molar-refractivity contribution in [3.63, 3.8) is 0 Å². The molecule has 0 radical (unpaired) electrons. The predicted octanol–water partition coefficient (Wildman–Crippen LogP) is 10.9. The maximum atomic E-state index is 15.9. The first-order valence-electron chi connectivity index (χ1n) is 31.8. The van der Waals surface area contributed by atoms with Gasteiger partial charge in [-0.15, -0.1) is 0 Å². The molecule has 3 aliphatic carbocycles. The van der Waals surface area contributed by atoms with Crippen molar-refractivity contribution in [2.75, 3.05) is 19.8 Å². The lowest BCUT2D eigenvalue weighted by molar-refractivity contribution is -0.346. The number of carbonyl (C=O) groups is 7. The molecule has 2 heterocycles. The lowest BCUT2D eigenvalue weighted by Crippen LogP contribution is -2.82. The summed E-state index contributed by atoms with van der Waals surface area (Å²) >= 11 is 0. The van der Waals surface area contributed by atoms with Gasteiger partial charge in [0.15, 0.2) is 23.8 Å². The van der Waals surface area contributed by atoms with Crippen LogP contribution in [0.1, 0.15) is 196 Å². The minimum atomic E-state index is -2.49. The third kappa shape index (κ3) is 15.2. The first-order chi connectivity index (χ1) is 42.2. The molecular formula is C69H91NO18. The van der Waals surface area contributed by atoms with Crippen molar-refractivity contribution in [3.8, 4) is 0 Å². The van der Waals surface area contributed by atoms with E-state index in [4.69, 9.17) is 42.6 Å². The second kappa shape index (κ2) is 30.3. The number of ketones is 1. The van der Waals surface area contributed by atoms with Gasteiger partial charge in [-0.3, -0.25) is 19.2 Å². The van der Waals surface area contributed by atoms with Crippen molar-refractivity contribution in [2.24, 2.45) is 16.7 Å². The average Bonchev–Trinajstić information content (AvgIpc) is 0.817. The number of Topliss-reactive ketones (excluding diaryl/α,β-unsaturated/α-hetero) is 1. The lowest BCUT2D eigenvalue weighted by Gasteiger charge is -2.67. The Kier molecular flexibility index (Phi) is 23.2. The topological polar surface area (TPSA) is 255 Å². The third-order valence-electron chi connectivity index (χ3n) is 18.9. The van der Waals surface area contributed by atoms with Crippen LogP contribution in [0.4, 0.5) is 4.79 Å². The Bertz CT molecular complexity index is 2900. The highest BCUT2D eigenvalue weighted by Crippen LogP contribution is 2.64. The van der Waals surface area contributed by atoms with Gasteiger partial charge in [-0.1, -0.05) is 177 Å². The Hall–Kier alpha value is -6.51. The number of fused-ring (bicyclic) bond motifs is 5. The van der Waals surface area contributed by atoms with Crippen molar-refractivity contribution in [2.45, 2.75) is 230 Å². The minimum Gasteiger partial charge on any atom is -0.455 e. The summed E-state index contributed by atoms with van der Waals surface area (Å²) in [7, 11) is 0. The minimum absolute atomic E-state index is 0.0421. The number of aliphatic hydroxyl groups excluding tert-OH is 1. The Morgan fingerprint density at radius 2 is 1.28 bits per heavy atom. The normalized spacial score (nSPS) is 28.4. The van der Waals surface area contributed by atoms with E-state index in [1.165, 1.54) is 103 Å². The summed E-state index contributed by atoms with van der Waals surface area (Å²) in [6.45, 7) is 9.97. The molecule has 0 aromatic heterocycles. The molecule has 19 heteroatoms. The van der Waals surface area contributed by atoms with E-state index in [0.29, 0.717) is 12.0 Å². The molecule has 480 valence electrons. The first kappa shape index (κ1) is 67.4. The SMILES string of the molecule is CCCCCCCCCCCCCCCCCC1OC[C@@H](COC(=O)O[C@@H](C(=O)O[C@H]2C[C@@]3(O)[C@@H](OC(=O)c4ccccc4)[C@@H]4[C@]5(OC(C)=O)CO[C@@H]5C[C@H](O)[C@@]4(C)C(=O)[C@H](OC(C)=O)C(=C2C)C3(C)C)[C@@H](NC(=O)c2ccccc2)c2ccccc2)O1. The van der Waals surface area contributed by atoms with Gasteiger partial charge in [-0.25, -0.2) is 14.4 Å². The summed E-state index contributed by atoms with van der Waals surface area (Å²) in [5.74, 6) is -7.12. The van der Waals surface area contributed by atoms with Crippen molar-refractivity contribution in [1.82, 2.24) is 5.32 Å². The Balaban J connectivity index is 1.06. The summed E-state index contributed by atoms with van der Waals surface area (Å²) in [5.41, 5.74) is -7.58. The predicted molar refractivity (Wildman–Crippen MR) is 322 cm³/mol. The van der Waals surface area contributed by atoms with Crippen LogP contribution in [0.5, 0.6) is 0 Å². The molecule has 8 rings (SSSR count). The molecule has 0 spiro atoms. The standard InChI is InChI=1S/C69H91NO18/c1-8-9-10-11-12-13-14-15-16-17-18-19-20-21-31-38-54-80-41-50(84-54)42-81-65(78)86-58(56(47-32-25-22-26-33-47)70-62(75)48-34-27-23-28-35-48)64(77)85-51-40-69(79)61(87-63(76)49-36-29-24-30-37-49)59-67(7,52(73)39-53-68(59,43-82-53)88-46(4)72)60(74)57(83-45(3)71)55(44(51)2)66(69,5)6/h22-30,32-37,50-54,56-59,61,73,79H,8-21,31,38-43H2,1-7H3,(H,70,75)/t50-,51-,52-,53+,54?,56-,57+,58+,59-,61-,67+,68-,69+/m0/s1. The smallest absolute Gasteiger partial charge is 0.455 e. The quantitative estimate of drug-likeness (QED) is 0.0253. The molecule has 5 aliphatic rings. The third-order valence-corrected chi connectivity index (χ3v) is 18.9. The first-order valence-corrected chi connectivity index (χ1v) is 31.8. The number of benzene rings is 3. The number of aliphatic hydroxyl groups is 2. The van der Waals surface area contributed by atoms with E-state index in [9.17, 15) is 34.2 Å². The maximum absolute atomic E-state index is 15.9. The van der Waals surface area contributed by atoms with E-state index in [2.05, 4.69) is 12.2 Å². The van der Waals surface area contributed by atoms with Crippen LogP contribution in [0.3, 0.4) is 0 Å². The number of carbonyl (C=O) groups excluding carboxylic acids is 7. The van der Waals surface area contributed by atoms with Gasteiger partial charge in [-0.05, 0) is 67.7 Å². The number of esters is 4. The summed E-state index contributed by atoms with van der Waals surface area (Å²) < 4.78 is 54.8. The largest absolute Gasteiger partial charge is 0.509 e. The molecule has 19 nitrogen and oxygen atoms in total. The molecule has 13 atom stereocenters. The van der Waals surface area contributed by atoms with Crippen LogP contribution in [0, 0.1) is 16.7 Å². The van der Waals surface area contributed by atoms with Crippen molar-refractivity contribution < 1.29 is 86.4 Å². The summed E-state index contributed by atoms with van der Waals surface area (Å²) in [5, 5.41) is 29.3. The van der Waals surface area contributed by atoms with Crippen molar-refractivity contribution >= 4 is 41.7 Å². The van der Waals surface area contributed by atoms with Gasteiger partial charge in [-0.2, -0.15) is 0 Å². The van der Waals surface area contributed by atoms with Gasteiger partial charge >= 0.3 is 30.0 Å². The van der Waals surface area contributed by atoms with Gasteiger partial charge in [0, 0.05) is 37.7 Å². The van der Waals surface area contributed by atoms with Gasteiger partial charge in [0.05, 0.1) is 36.2 Å². The van der Waals surface area contributed by atoms with E-state index in [1.807, 2.05) is 0 Å². The average molecular weight is 1220 g/mol. The highest BCUT2D eigenvalue weighted by molar-refractivity contribution is 5.96. The maximum Gasteiger partial charge on any atom is 0.509 e. The molecule has 3 N–H and O–H groups in total. The molecule has 3 aromatic carbocycles. The molecule has 3 aromatic rings. The number of hydrogen-bond acceptors (Lipinski definition) is 18. The molecule has 2 aliphatic heterocycles. The Morgan fingerprint density at radius 3 is 1.84 bits per heavy atom. The zero-order valence-electron chi connectivity index (χ0n) is 52.2. The van der Waals surface area contributed by atoms with Crippen LogP contribution in [0.2, 0.25) is 0 Å². The van der Waals surface area contributed by atoms with E-state index >= 15 is 9.59 Å². The Morgan fingerprint density at radius 1 is 0.716 bits per heavy atom. The van der Waals surface area contributed by atoms with Gasteiger partial charge in [0.25, 0.3) is 5.91 Å². The molecule has 2 saturated carbocycles. The van der Waals surface area contributed by atoms with Gasteiger partial charge in [0.1, 0.15) is 42.7 Å². The van der Waals surface area contributed by atoms with Crippen LogP contribution >= 0.6 is 0 Å². The summed E-state index contributed by atoms with van der Waals surface area (Å²) in [6, 6.07) is 22.8. The fourth-order valence-corrected chi connectivity index (χ4v) is 14.0. The van der Waals surface area contributed by atoms with Crippen LogP contribution < -0.4 is 5.32 Å². The van der Waals surface area contributed by atoms with E-state index in [1.54, 1.807) is 92.7 Å². The van der Waals surface area contributed by atoms with Crippen LogP contribution in [-0.2, 0) is 61.8 Å². The summed E-state index contributed by atoms with van der Waals surface area (Å²) in [6.07, 6.45) is 5.83. The molecule has 1 amide bonds. The van der Waals surface area contributed by atoms with Crippen molar-refractivity contribution in [1.29, 1.82) is 0 Å². The van der Waals surface area contributed by atoms with E-state index < -0.39 is 131 Å². The Labute approximate surface area is 517 Å². The molecule has 1 unspecified atom stereocenters. The second-order valence-electron chi connectivity index (χ2n) is 25.3. The molecule has 2 bridgehead atoms. The number of hydrogen-bond donors (Lipinski definition) is 3. The second-order valence-corrected chi connectivity index (χ2v) is 25.3. The summed E-state index contributed by atoms with van der Waals surface area (Å²) in [4.78, 5) is 101.